The molecule has 0 heterocycles. The number of azide groups is 1. The van der Waals surface area contributed by atoms with E-state index in [1.165, 1.54) is 0 Å². The molecule has 2 atom stereocenters. The third-order valence-electron chi connectivity index (χ3n) is 6.38. The van der Waals surface area contributed by atoms with Gasteiger partial charge < -0.3 is 18.6 Å². The zero-order chi connectivity index (χ0) is 27.6. The highest BCUT2D eigenvalue weighted by Gasteiger charge is 2.51. The Kier molecular flexibility index (Phi) is 9.96. The van der Waals surface area contributed by atoms with Crippen molar-refractivity contribution < 1.29 is 23.4 Å². The minimum Gasteiger partial charge on any atom is -0.497 e. The molecule has 0 bridgehead atoms. The Morgan fingerprint density at radius 3 is 1.95 bits per heavy atom. The highest BCUT2D eigenvalue weighted by molar-refractivity contribution is 6.99. The normalized spacial score (nSPS) is 13.1. The van der Waals surface area contributed by atoms with Crippen LogP contribution in [0.15, 0.2) is 90.0 Å². The Morgan fingerprint density at radius 2 is 1.50 bits per heavy atom. The van der Waals surface area contributed by atoms with Crippen LogP contribution in [0.1, 0.15) is 39.3 Å². The summed E-state index contributed by atoms with van der Waals surface area (Å²) in [6.07, 6.45) is -1.80. The molecular formula is C29H35N3O5Si. The minimum atomic E-state index is -2.95. The van der Waals surface area contributed by atoms with Crippen LogP contribution in [0.4, 0.5) is 4.79 Å². The number of ether oxygens (including phenoxy) is 3. The zero-order valence-corrected chi connectivity index (χ0v) is 23.5. The van der Waals surface area contributed by atoms with Gasteiger partial charge in [-0.3, -0.25) is 0 Å². The van der Waals surface area contributed by atoms with E-state index in [9.17, 15) is 10.3 Å². The van der Waals surface area contributed by atoms with Crippen LogP contribution in [0.2, 0.25) is 5.04 Å². The molecule has 0 amide bonds. The lowest BCUT2D eigenvalue weighted by molar-refractivity contribution is -0.00216. The van der Waals surface area contributed by atoms with Crippen LogP contribution in [0.5, 0.6) is 5.75 Å². The van der Waals surface area contributed by atoms with Gasteiger partial charge in [0.05, 0.1) is 20.3 Å². The molecule has 3 rings (SSSR count). The topological polar surface area (TPSA) is 103 Å². The summed E-state index contributed by atoms with van der Waals surface area (Å²) in [5.74, 6) is 0.653. The Bertz CT molecular complexity index is 1170. The molecule has 3 aromatic carbocycles. The molecule has 0 saturated carbocycles. The number of hydrogen-bond donors (Lipinski definition) is 0. The summed E-state index contributed by atoms with van der Waals surface area (Å²) in [6, 6.07) is 26.5. The average molecular weight is 534 g/mol. The van der Waals surface area contributed by atoms with Crippen LogP contribution in [0, 0.1) is 0 Å². The molecule has 9 heteroatoms. The predicted octanol–water partition coefficient (Wildman–Crippen LogP) is 6.16. The van der Waals surface area contributed by atoms with E-state index in [4.69, 9.17) is 18.6 Å². The molecule has 3 aromatic rings. The second-order valence-electron chi connectivity index (χ2n) is 9.74. The molecule has 0 aliphatic rings. The van der Waals surface area contributed by atoms with Crippen molar-refractivity contribution in [1.29, 1.82) is 0 Å². The fourth-order valence-electron chi connectivity index (χ4n) is 4.65. The van der Waals surface area contributed by atoms with Crippen molar-refractivity contribution in [3.05, 3.63) is 101 Å². The van der Waals surface area contributed by atoms with Gasteiger partial charge in [-0.15, -0.1) is 0 Å². The van der Waals surface area contributed by atoms with Crippen molar-refractivity contribution in [3.63, 3.8) is 0 Å². The highest BCUT2D eigenvalue weighted by atomic mass is 28.4. The summed E-state index contributed by atoms with van der Waals surface area (Å²) in [5.41, 5.74) is 10.1. The van der Waals surface area contributed by atoms with Gasteiger partial charge in [0.15, 0.2) is 0 Å². The first kappa shape index (κ1) is 28.8. The maximum absolute atomic E-state index is 12.5. The third-order valence-corrected chi connectivity index (χ3v) is 11.4. The van der Waals surface area contributed by atoms with Crippen LogP contribution in [0.25, 0.3) is 10.4 Å². The van der Waals surface area contributed by atoms with Crippen LogP contribution in [-0.4, -0.2) is 40.9 Å². The van der Waals surface area contributed by atoms with E-state index in [1.807, 2.05) is 36.4 Å². The quantitative estimate of drug-likeness (QED) is 0.0965. The van der Waals surface area contributed by atoms with Gasteiger partial charge in [0, 0.05) is 4.91 Å². The minimum absolute atomic E-state index is 0.0121. The summed E-state index contributed by atoms with van der Waals surface area (Å²) in [7, 11) is -1.38. The second-order valence-corrected chi connectivity index (χ2v) is 14.0. The Labute approximate surface area is 225 Å². The van der Waals surface area contributed by atoms with Gasteiger partial charge in [0.2, 0.25) is 0 Å². The molecule has 200 valence electrons. The number of carbonyl (C=O) groups excluding carboxylic acids is 1. The van der Waals surface area contributed by atoms with E-state index in [-0.39, 0.29) is 18.3 Å². The maximum Gasteiger partial charge on any atom is 0.508 e. The van der Waals surface area contributed by atoms with Crippen LogP contribution in [0.3, 0.4) is 0 Å². The van der Waals surface area contributed by atoms with Crippen molar-refractivity contribution in [3.8, 4) is 5.75 Å². The van der Waals surface area contributed by atoms with E-state index in [1.54, 1.807) is 38.3 Å². The van der Waals surface area contributed by atoms with Gasteiger partial charge in [0.25, 0.3) is 8.32 Å². The maximum atomic E-state index is 12.5. The Morgan fingerprint density at radius 1 is 0.947 bits per heavy atom. The van der Waals surface area contributed by atoms with Gasteiger partial charge in [-0.1, -0.05) is 98.7 Å². The number of nitrogens with zero attached hydrogens (tertiary/aromatic N) is 3. The smallest absolute Gasteiger partial charge is 0.497 e. The lowest BCUT2D eigenvalue weighted by Gasteiger charge is -2.43. The fourth-order valence-corrected chi connectivity index (χ4v) is 9.22. The monoisotopic (exact) mass is 533 g/mol. The van der Waals surface area contributed by atoms with Crippen LogP contribution in [-0.2, 0) is 13.9 Å². The van der Waals surface area contributed by atoms with Crippen molar-refractivity contribution in [1.82, 2.24) is 0 Å². The SMILES string of the molecule is CCOC(=O)O[C@@H](CO[Si](c1ccccc1)(c1ccccc1)C(C)(C)C)[C@H](N=[N+]=[N-])c1ccc(OC)cc1. The van der Waals surface area contributed by atoms with E-state index in [0.29, 0.717) is 11.3 Å². The first-order valence-electron chi connectivity index (χ1n) is 12.5. The number of hydrogen-bond acceptors (Lipinski definition) is 6. The lowest BCUT2D eigenvalue weighted by atomic mass is 10.0. The first-order chi connectivity index (χ1) is 18.3. The number of benzene rings is 3. The number of rotatable bonds is 11. The first-order valence-corrected chi connectivity index (χ1v) is 14.4. The van der Waals surface area contributed by atoms with E-state index < -0.39 is 26.6 Å². The molecule has 0 unspecified atom stereocenters. The fraction of sp³-hybridized carbons (Fsp3) is 0.345. The predicted molar refractivity (Wildman–Crippen MR) is 150 cm³/mol. The molecule has 8 nitrogen and oxygen atoms in total. The van der Waals surface area contributed by atoms with Crippen LogP contribution >= 0.6 is 0 Å². The molecule has 0 saturated heterocycles. The van der Waals surface area contributed by atoms with E-state index >= 15 is 0 Å². The van der Waals surface area contributed by atoms with Crippen LogP contribution < -0.4 is 15.1 Å². The Balaban J connectivity index is 2.10. The van der Waals surface area contributed by atoms with Gasteiger partial charge in [-0.25, -0.2) is 4.79 Å². The largest absolute Gasteiger partial charge is 0.508 e. The van der Waals surface area contributed by atoms with Gasteiger partial charge in [-0.2, -0.15) is 0 Å². The summed E-state index contributed by atoms with van der Waals surface area (Å²) >= 11 is 0. The summed E-state index contributed by atoms with van der Waals surface area (Å²) in [4.78, 5) is 15.6. The molecule has 0 aromatic heterocycles. The zero-order valence-electron chi connectivity index (χ0n) is 22.5. The molecule has 0 aliphatic carbocycles. The third kappa shape index (κ3) is 6.55. The van der Waals surface area contributed by atoms with Crippen molar-refractivity contribution in [2.45, 2.75) is 44.9 Å². The summed E-state index contributed by atoms with van der Waals surface area (Å²) in [6.45, 7) is 8.32. The standard InChI is InChI=1S/C29H35N3O5Si/c1-6-35-28(33)37-26(27(31-32-30)22-17-19-23(34-5)20-18-22)21-36-38(29(2,3)4,24-13-9-7-10-14-24)25-15-11-8-12-16-25/h7-20,26-27H,6,21H2,1-5H3/t26-,27+/m0/s1. The summed E-state index contributed by atoms with van der Waals surface area (Å²) < 4.78 is 23.1. The highest BCUT2D eigenvalue weighted by Crippen LogP contribution is 2.38. The van der Waals surface area contributed by atoms with E-state index in [2.05, 4.69) is 55.1 Å². The molecule has 0 aliphatic heterocycles. The summed E-state index contributed by atoms with van der Waals surface area (Å²) in [5, 5.41) is 5.88. The van der Waals surface area contributed by atoms with Crippen molar-refractivity contribution >= 4 is 24.8 Å². The Hall–Kier alpha value is -3.78. The van der Waals surface area contributed by atoms with Crippen molar-refractivity contribution in [2.24, 2.45) is 5.11 Å². The number of carbonyl (C=O) groups is 1. The molecular weight excluding hydrogens is 498 g/mol. The lowest BCUT2D eigenvalue weighted by Crippen LogP contribution is -2.67. The molecule has 0 fully saturated rings. The number of methoxy groups -OCH3 is 1. The van der Waals surface area contributed by atoms with E-state index in [0.717, 1.165) is 10.4 Å². The molecule has 0 spiro atoms. The molecule has 0 N–H and O–H groups in total. The second kappa shape index (κ2) is 13.1. The van der Waals surface area contributed by atoms with Gasteiger partial charge >= 0.3 is 6.16 Å². The van der Waals surface area contributed by atoms with Gasteiger partial charge in [0.1, 0.15) is 17.9 Å². The van der Waals surface area contributed by atoms with Gasteiger partial charge in [-0.05, 0) is 45.6 Å². The molecule has 0 radical (unpaired) electrons. The average Bonchev–Trinajstić information content (AvgIpc) is 2.92. The van der Waals surface area contributed by atoms with Crippen molar-refractivity contribution in [2.75, 3.05) is 20.3 Å². The molecule has 38 heavy (non-hydrogen) atoms.